The fourth-order valence-electron chi connectivity index (χ4n) is 1.37. The fraction of sp³-hybridized carbons (Fsp3) is 0.364. The molecule has 0 radical (unpaired) electrons. The van der Waals surface area contributed by atoms with Gasteiger partial charge in [-0.1, -0.05) is 0 Å². The van der Waals surface area contributed by atoms with Crippen LogP contribution in [0.1, 0.15) is 6.92 Å². The Kier molecular flexibility index (Phi) is 5.04. The fourth-order valence-corrected chi connectivity index (χ4v) is 1.37. The minimum atomic E-state index is -0.851. The number of hydrogen-bond donors (Lipinski definition) is 1. The monoisotopic (exact) mass is 272 g/mol. The van der Waals surface area contributed by atoms with Crippen LogP contribution in [0.2, 0.25) is 0 Å². The van der Waals surface area contributed by atoms with Gasteiger partial charge in [0.1, 0.15) is 12.2 Å². The lowest BCUT2D eigenvalue weighted by atomic mass is 10.2. The minimum absolute atomic E-state index is 0.0173. The first-order valence-corrected chi connectivity index (χ1v) is 5.41. The number of anilines is 1. The summed E-state index contributed by atoms with van der Waals surface area (Å²) in [6, 6.07) is 1.85. The second kappa shape index (κ2) is 6.53. The molecule has 0 saturated carbocycles. The number of nitro groups is 1. The zero-order valence-corrected chi connectivity index (χ0v) is 10.4. The molecule has 104 valence electrons. The Morgan fingerprint density at radius 3 is 2.74 bits per heavy atom. The van der Waals surface area contributed by atoms with Crippen molar-refractivity contribution in [3.05, 3.63) is 28.1 Å². The topological polar surface area (TPSA) is 90.7 Å². The zero-order chi connectivity index (χ0) is 14.4. The van der Waals surface area contributed by atoms with Gasteiger partial charge in [0, 0.05) is 6.07 Å². The molecule has 0 aliphatic heterocycles. The minimum Gasteiger partial charge on any atom is -0.494 e. The quantitative estimate of drug-likeness (QED) is 0.481. The van der Waals surface area contributed by atoms with Crippen molar-refractivity contribution in [2.45, 2.75) is 6.92 Å². The molecule has 0 bridgehead atoms. The second-order valence-electron chi connectivity index (χ2n) is 3.42. The molecule has 0 unspecified atom stereocenters. The average molecular weight is 272 g/mol. The van der Waals surface area contributed by atoms with Gasteiger partial charge < -0.3 is 14.8 Å². The molecule has 0 amide bonds. The molecule has 1 aromatic carbocycles. The molecule has 19 heavy (non-hydrogen) atoms. The molecule has 7 nitrogen and oxygen atoms in total. The van der Waals surface area contributed by atoms with Crippen LogP contribution in [0.25, 0.3) is 0 Å². The summed E-state index contributed by atoms with van der Waals surface area (Å²) < 4.78 is 22.8. The summed E-state index contributed by atoms with van der Waals surface area (Å²) in [6.07, 6.45) is 0. The summed E-state index contributed by atoms with van der Waals surface area (Å²) >= 11 is 0. The van der Waals surface area contributed by atoms with E-state index in [1.54, 1.807) is 6.92 Å². The van der Waals surface area contributed by atoms with Crippen molar-refractivity contribution in [2.75, 3.05) is 25.6 Å². The van der Waals surface area contributed by atoms with Crippen LogP contribution in [0, 0.1) is 15.9 Å². The second-order valence-corrected chi connectivity index (χ2v) is 3.42. The summed E-state index contributed by atoms with van der Waals surface area (Å²) in [4.78, 5) is 21.2. The lowest BCUT2D eigenvalue weighted by Crippen LogP contribution is -2.17. The van der Waals surface area contributed by atoms with E-state index in [-0.39, 0.29) is 24.6 Å². The molecule has 0 fully saturated rings. The maximum atomic E-state index is 13.4. The van der Waals surface area contributed by atoms with Gasteiger partial charge in [-0.05, 0) is 6.92 Å². The van der Waals surface area contributed by atoms with E-state index in [2.05, 4.69) is 10.1 Å². The maximum absolute atomic E-state index is 13.4. The van der Waals surface area contributed by atoms with E-state index in [0.29, 0.717) is 0 Å². The van der Waals surface area contributed by atoms with E-state index in [4.69, 9.17) is 4.74 Å². The van der Waals surface area contributed by atoms with Crippen LogP contribution in [-0.4, -0.2) is 31.2 Å². The van der Waals surface area contributed by atoms with Crippen LogP contribution >= 0.6 is 0 Å². The molecule has 0 atom stereocenters. The standard InChI is InChI=1S/C11H13FN2O5/c1-3-19-11(15)6-13-8-5-10(18-2)7(12)4-9(8)14(16)17/h4-5,13H,3,6H2,1-2H3. The Balaban J connectivity index is 2.97. The summed E-state index contributed by atoms with van der Waals surface area (Å²) in [7, 11) is 1.24. The molecule has 8 heteroatoms. The van der Waals surface area contributed by atoms with Gasteiger partial charge in [-0.15, -0.1) is 0 Å². The van der Waals surface area contributed by atoms with Crippen molar-refractivity contribution in [1.82, 2.24) is 0 Å². The summed E-state index contributed by atoms with van der Waals surface area (Å²) in [5.41, 5.74) is -0.501. The summed E-state index contributed by atoms with van der Waals surface area (Å²) in [5, 5.41) is 13.3. The number of nitrogens with one attached hydrogen (secondary N) is 1. The lowest BCUT2D eigenvalue weighted by Gasteiger charge is -2.09. The number of hydrogen-bond acceptors (Lipinski definition) is 6. The predicted molar refractivity (Wildman–Crippen MR) is 64.7 cm³/mol. The van der Waals surface area contributed by atoms with Crippen LogP contribution in [-0.2, 0) is 9.53 Å². The normalized spacial score (nSPS) is 9.84. The SMILES string of the molecule is CCOC(=O)CNc1cc(OC)c(F)cc1[N+](=O)[O-]. The van der Waals surface area contributed by atoms with E-state index >= 15 is 0 Å². The van der Waals surface area contributed by atoms with E-state index in [0.717, 1.165) is 12.1 Å². The zero-order valence-electron chi connectivity index (χ0n) is 10.4. The Morgan fingerprint density at radius 2 is 2.21 bits per heavy atom. The van der Waals surface area contributed by atoms with E-state index in [1.807, 2.05) is 0 Å². The van der Waals surface area contributed by atoms with Crippen molar-refractivity contribution in [3.8, 4) is 5.75 Å². The molecule has 0 aliphatic carbocycles. The molecule has 1 N–H and O–H groups in total. The van der Waals surface area contributed by atoms with Crippen molar-refractivity contribution < 1.29 is 23.6 Å². The van der Waals surface area contributed by atoms with Crippen LogP contribution in [0.5, 0.6) is 5.75 Å². The van der Waals surface area contributed by atoms with Gasteiger partial charge in [-0.3, -0.25) is 14.9 Å². The molecule has 1 rings (SSSR count). The van der Waals surface area contributed by atoms with Gasteiger partial charge in [0.25, 0.3) is 5.69 Å². The number of ether oxygens (including phenoxy) is 2. The number of rotatable bonds is 6. The van der Waals surface area contributed by atoms with Crippen LogP contribution in [0.4, 0.5) is 15.8 Å². The number of nitrogens with zero attached hydrogens (tertiary/aromatic N) is 1. The number of carbonyl (C=O) groups excluding carboxylic acids is 1. The summed E-state index contributed by atoms with van der Waals surface area (Å²) in [5.74, 6) is -1.58. The van der Waals surface area contributed by atoms with E-state index < -0.39 is 22.4 Å². The number of benzene rings is 1. The number of carbonyl (C=O) groups is 1. The highest BCUT2D eigenvalue weighted by Crippen LogP contribution is 2.31. The average Bonchev–Trinajstić information content (AvgIpc) is 2.37. The van der Waals surface area contributed by atoms with E-state index in [9.17, 15) is 19.3 Å². The van der Waals surface area contributed by atoms with Gasteiger partial charge in [-0.25, -0.2) is 4.39 Å². The lowest BCUT2D eigenvalue weighted by molar-refractivity contribution is -0.384. The van der Waals surface area contributed by atoms with Crippen molar-refractivity contribution >= 4 is 17.3 Å². The highest BCUT2D eigenvalue weighted by Gasteiger charge is 2.19. The van der Waals surface area contributed by atoms with Gasteiger partial charge in [0.15, 0.2) is 11.6 Å². The molecule has 0 aromatic heterocycles. The highest BCUT2D eigenvalue weighted by molar-refractivity contribution is 5.77. The van der Waals surface area contributed by atoms with Crippen LogP contribution < -0.4 is 10.1 Å². The molecule has 0 aliphatic rings. The van der Waals surface area contributed by atoms with Gasteiger partial charge in [0.05, 0.1) is 24.7 Å². The largest absolute Gasteiger partial charge is 0.494 e. The molecule has 0 saturated heterocycles. The molecular formula is C11H13FN2O5. The molecule has 0 spiro atoms. The van der Waals surface area contributed by atoms with Crippen molar-refractivity contribution in [2.24, 2.45) is 0 Å². The van der Waals surface area contributed by atoms with Crippen LogP contribution in [0.3, 0.4) is 0 Å². The first-order valence-electron chi connectivity index (χ1n) is 5.41. The smallest absolute Gasteiger partial charge is 0.325 e. The molecule has 1 aromatic rings. The Labute approximate surface area is 108 Å². The third-order valence-corrected chi connectivity index (χ3v) is 2.20. The maximum Gasteiger partial charge on any atom is 0.325 e. The van der Waals surface area contributed by atoms with E-state index in [1.165, 1.54) is 7.11 Å². The predicted octanol–water partition coefficient (Wildman–Crippen LogP) is 1.72. The number of halogens is 1. The number of nitro benzene ring substituents is 1. The summed E-state index contributed by atoms with van der Waals surface area (Å²) in [6.45, 7) is 1.58. The van der Waals surface area contributed by atoms with Crippen LogP contribution in [0.15, 0.2) is 12.1 Å². The first-order chi connectivity index (χ1) is 8.99. The van der Waals surface area contributed by atoms with Crippen molar-refractivity contribution in [3.63, 3.8) is 0 Å². The molecular weight excluding hydrogens is 259 g/mol. The number of esters is 1. The highest BCUT2D eigenvalue weighted by atomic mass is 19.1. The Hall–Kier alpha value is -2.38. The van der Waals surface area contributed by atoms with Gasteiger partial charge in [-0.2, -0.15) is 0 Å². The van der Waals surface area contributed by atoms with Gasteiger partial charge >= 0.3 is 5.97 Å². The first kappa shape index (κ1) is 14.7. The Bertz CT molecular complexity index is 492. The van der Waals surface area contributed by atoms with Crippen molar-refractivity contribution in [1.29, 1.82) is 0 Å². The third kappa shape index (κ3) is 3.80. The molecule has 0 heterocycles. The number of methoxy groups -OCH3 is 1. The van der Waals surface area contributed by atoms with Gasteiger partial charge in [0.2, 0.25) is 0 Å². The Morgan fingerprint density at radius 1 is 1.53 bits per heavy atom. The third-order valence-electron chi connectivity index (χ3n) is 2.20.